The van der Waals surface area contributed by atoms with Crippen LogP contribution >= 0.6 is 0 Å². The van der Waals surface area contributed by atoms with Gasteiger partial charge in [-0.05, 0) is 48.6 Å². The molecule has 1 aliphatic rings. The van der Waals surface area contributed by atoms with E-state index in [1.54, 1.807) is 0 Å². The van der Waals surface area contributed by atoms with Crippen molar-refractivity contribution in [2.75, 3.05) is 0 Å². The van der Waals surface area contributed by atoms with Crippen LogP contribution in [0.1, 0.15) is 60.5 Å². The molecule has 5 heteroatoms. The molecular weight excluding hydrogens is 372 g/mol. The Morgan fingerprint density at radius 2 is 1.93 bits per heavy atom. The zero-order valence-electron chi connectivity index (χ0n) is 18.0. The van der Waals surface area contributed by atoms with Crippen molar-refractivity contribution in [1.29, 1.82) is 0 Å². The largest absolute Gasteiger partial charge is 0.346 e. The van der Waals surface area contributed by atoms with Crippen molar-refractivity contribution >= 4 is 11.6 Å². The summed E-state index contributed by atoms with van der Waals surface area (Å²) in [4.78, 5) is 17.5. The van der Waals surface area contributed by atoms with Gasteiger partial charge in [0, 0.05) is 11.5 Å². The van der Waals surface area contributed by atoms with Crippen LogP contribution in [0.25, 0.3) is 5.65 Å². The van der Waals surface area contributed by atoms with E-state index in [0.717, 1.165) is 29.1 Å². The van der Waals surface area contributed by atoms with Gasteiger partial charge in [-0.15, -0.1) is 0 Å². The molecule has 154 valence electrons. The zero-order chi connectivity index (χ0) is 21.3. The second kappa shape index (κ2) is 7.90. The third kappa shape index (κ3) is 4.06. The highest BCUT2D eigenvalue weighted by Gasteiger charge is 2.24. The lowest BCUT2D eigenvalue weighted by Crippen LogP contribution is -2.24. The zero-order valence-corrected chi connectivity index (χ0v) is 18.0. The van der Waals surface area contributed by atoms with Gasteiger partial charge in [-0.3, -0.25) is 4.79 Å². The van der Waals surface area contributed by atoms with Gasteiger partial charge in [0.25, 0.3) is 5.91 Å². The fourth-order valence-electron chi connectivity index (χ4n) is 3.79. The Morgan fingerprint density at radius 3 is 2.60 bits per heavy atom. The van der Waals surface area contributed by atoms with Gasteiger partial charge in [-0.2, -0.15) is 5.10 Å². The van der Waals surface area contributed by atoms with Crippen LogP contribution in [0.3, 0.4) is 0 Å². The fourth-order valence-corrected chi connectivity index (χ4v) is 3.79. The molecule has 5 nitrogen and oxygen atoms in total. The smallest absolute Gasteiger partial charge is 0.251 e. The number of allylic oxidation sites excluding steroid dienone is 4. The number of hydrogen-bond donors (Lipinski definition) is 1. The molecule has 0 saturated heterocycles. The van der Waals surface area contributed by atoms with Crippen LogP contribution in [0.4, 0.5) is 0 Å². The molecule has 2 heterocycles. The standard InChI is InChI=1S/C25H28N4O/c1-17-10-15-22-27-23(18-11-13-20(14-12-18)25(2,3)4)21(29(22)28-17)16-26-24(30)19-8-6-5-7-9-19/h5-11,13-15,18H,12,16H2,1-4H3,(H,26,30). The molecule has 1 aromatic carbocycles. The molecule has 30 heavy (non-hydrogen) atoms. The molecule has 3 aromatic rings. The van der Waals surface area contributed by atoms with Crippen LogP contribution < -0.4 is 5.32 Å². The first-order valence-electron chi connectivity index (χ1n) is 10.4. The molecule has 1 unspecified atom stereocenters. The van der Waals surface area contributed by atoms with Gasteiger partial charge in [-0.1, -0.05) is 57.2 Å². The molecule has 0 fully saturated rings. The summed E-state index contributed by atoms with van der Waals surface area (Å²) >= 11 is 0. The minimum absolute atomic E-state index is 0.0988. The number of carbonyl (C=O) groups is 1. The third-order valence-electron chi connectivity index (χ3n) is 5.50. The van der Waals surface area contributed by atoms with Gasteiger partial charge in [0.15, 0.2) is 5.65 Å². The van der Waals surface area contributed by atoms with Gasteiger partial charge in [-0.25, -0.2) is 9.50 Å². The van der Waals surface area contributed by atoms with Crippen LogP contribution in [0, 0.1) is 12.3 Å². The topological polar surface area (TPSA) is 59.3 Å². The number of hydrogen-bond acceptors (Lipinski definition) is 3. The second-order valence-corrected chi connectivity index (χ2v) is 8.85. The fraction of sp³-hybridized carbons (Fsp3) is 0.320. The summed E-state index contributed by atoms with van der Waals surface area (Å²) in [6.45, 7) is 9.02. The van der Waals surface area contributed by atoms with Crippen molar-refractivity contribution in [1.82, 2.24) is 19.9 Å². The predicted octanol–water partition coefficient (Wildman–Crippen LogP) is 4.98. The van der Waals surface area contributed by atoms with E-state index in [1.165, 1.54) is 5.57 Å². The molecule has 1 N–H and O–H groups in total. The van der Waals surface area contributed by atoms with Crippen LogP contribution in [0.5, 0.6) is 0 Å². The molecule has 1 aliphatic carbocycles. The molecule has 2 aromatic heterocycles. The molecule has 1 atom stereocenters. The number of benzene rings is 1. The van der Waals surface area contributed by atoms with Gasteiger partial charge < -0.3 is 5.32 Å². The van der Waals surface area contributed by atoms with Crippen molar-refractivity contribution in [2.24, 2.45) is 5.41 Å². The number of nitrogens with zero attached hydrogens (tertiary/aromatic N) is 3. The normalized spacial score (nSPS) is 16.5. The van der Waals surface area contributed by atoms with E-state index in [4.69, 9.17) is 4.98 Å². The Kier molecular flexibility index (Phi) is 5.29. The number of aromatic nitrogens is 3. The number of nitrogens with one attached hydrogen (secondary N) is 1. The molecule has 0 radical (unpaired) electrons. The lowest BCUT2D eigenvalue weighted by Gasteiger charge is -2.25. The molecule has 0 saturated carbocycles. The Balaban J connectivity index is 1.65. The van der Waals surface area contributed by atoms with E-state index in [2.05, 4.69) is 49.4 Å². The van der Waals surface area contributed by atoms with Crippen LogP contribution in [0.15, 0.2) is 66.3 Å². The predicted molar refractivity (Wildman–Crippen MR) is 119 cm³/mol. The van der Waals surface area contributed by atoms with Crippen LogP contribution in [-0.4, -0.2) is 20.5 Å². The lowest BCUT2D eigenvalue weighted by molar-refractivity contribution is 0.0950. The molecule has 1 amide bonds. The van der Waals surface area contributed by atoms with Gasteiger partial charge in [0.1, 0.15) is 0 Å². The molecule has 0 spiro atoms. The summed E-state index contributed by atoms with van der Waals surface area (Å²) in [5, 5.41) is 7.71. The number of rotatable bonds is 4. The average Bonchev–Trinajstić information content (AvgIpc) is 3.09. The number of aryl methyl sites for hydroxylation is 1. The second-order valence-electron chi connectivity index (χ2n) is 8.85. The maximum absolute atomic E-state index is 12.6. The first-order chi connectivity index (χ1) is 14.3. The first-order valence-corrected chi connectivity index (χ1v) is 10.4. The molecule has 4 rings (SSSR count). The molecular formula is C25H28N4O. The molecule has 0 bridgehead atoms. The highest BCUT2D eigenvalue weighted by atomic mass is 16.1. The maximum Gasteiger partial charge on any atom is 0.251 e. The summed E-state index contributed by atoms with van der Waals surface area (Å²) in [5.41, 5.74) is 5.74. The minimum Gasteiger partial charge on any atom is -0.346 e. The Morgan fingerprint density at radius 1 is 1.17 bits per heavy atom. The number of imidazole rings is 1. The number of carbonyl (C=O) groups excluding carboxylic acids is 1. The summed E-state index contributed by atoms with van der Waals surface area (Å²) < 4.78 is 1.87. The van der Waals surface area contributed by atoms with E-state index in [-0.39, 0.29) is 17.2 Å². The summed E-state index contributed by atoms with van der Waals surface area (Å²) in [5.74, 6) is 0.0694. The van der Waals surface area contributed by atoms with Crippen LogP contribution in [0.2, 0.25) is 0 Å². The van der Waals surface area contributed by atoms with Gasteiger partial charge >= 0.3 is 0 Å². The highest BCUT2D eigenvalue weighted by molar-refractivity contribution is 5.94. The Hall–Kier alpha value is -3.21. The minimum atomic E-state index is -0.0988. The van der Waals surface area contributed by atoms with Crippen molar-refractivity contribution in [3.05, 3.63) is 88.9 Å². The Bertz CT molecular complexity index is 1130. The number of fused-ring (bicyclic) bond motifs is 1. The van der Waals surface area contributed by atoms with Crippen LogP contribution in [-0.2, 0) is 6.54 Å². The monoisotopic (exact) mass is 400 g/mol. The summed E-state index contributed by atoms with van der Waals surface area (Å²) in [6.07, 6.45) is 7.65. The summed E-state index contributed by atoms with van der Waals surface area (Å²) in [7, 11) is 0. The van der Waals surface area contributed by atoms with Crippen molar-refractivity contribution in [3.63, 3.8) is 0 Å². The van der Waals surface area contributed by atoms with Gasteiger partial charge in [0.05, 0.1) is 23.6 Å². The van der Waals surface area contributed by atoms with Crippen molar-refractivity contribution < 1.29 is 4.79 Å². The van der Waals surface area contributed by atoms with E-state index < -0.39 is 0 Å². The Labute approximate surface area is 177 Å². The third-order valence-corrected chi connectivity index (χ3v) is 5.50. The quantitative estimate of drug-likeness (QED) is 0.672. The lowest BCUT2D eigenvalue weighted by atomic mass is 9.81. The van der Waals surface area contributed by atoms with E-state index in [1.807, 2.05) is 53.9 Å². The van der Waals surface area contributed by atoms with E-state index >= 15 is 0 Å². The number of amides is 1. The first kappa shape index (κ1) is 20.1. The van der Waals surface area contributed by atoms with Crippen molar-refractivity contribution in [3.8, 4) is 0 Å². The molecule has 0 aliphatic heterocycles. The summed E-state index contributed by atoms with van der Waals surface area (Å²) in [6, 6.07) is 13.2. The maximum atomic E-state index is 12.6. The van der Waals surface area contributed by atoms with Crippen molar-refractivity contribution in [2.45, 2.75) is 46.6 Å². The van der Waals surface area contributed by atoms with E-state index in [9.17, 15) is 4.79 Å². The van der Waals surface area contributed by atoms with Gasteiger partial charge in [0.2, 0.25) is 0 Å². The highest BCUT2D eigenvalue weighted by Crippen LogP contribution is 2.35. The SMILES string of the molecule is Cc1ccc2nc(C3C=CC(C(C)(C)C)=CC3)c(CNC(=O)c3ccccc3)n2n1. The average molecular weight is 401 g/mol. The van der Waals surface area contributed by atoms with E-state index in [0.29, 0.717) is 12.1 Å².